The smallest absolute Gasteiger partial charge is 0.173 e. The summed E-state index contributed by atoms with van der Waals surface area (Å²) in [5.41, 5.74) is 0.796. The van der Waals surface area contributed by atoms with E-state index in [-0.39, 0.29) is 11.6 Å². The Morgan fingerprint density at radius 2 is 1.75 bits per heavy atom. The van der Waals surface area contributed by atoms with Crippen LogP contribution in [0, 0.1) is 5.82 Å². The van der Waals surface area contributed by atoms with Gasteiger partial charge in [0.2, 0.25) is 0 Å². The molecule has 2 fully saturated rings. The molecular weight excluding hydrogens is 279 g/mol. The second-order valence-electron chi connectivity index (χ2n) is 5.03. The van der Waals surface area contributed by atoms with Gasteiger partial charge in [-0.05, 0) is 36.5 Å². The van der Waals surface area contributed by atoms with Gasteiger partial charge in [0.1, 0.15) is 5.82 Å². The van der Waals surface area contributed by atoms with Gasteiger partial charge in [0.25, 0.3) is 0 Å². The minimum absolute atomic E-state index is 0.253. The van der Waals surface area contributed by atoms with Crippen LogP contribution in [-0.2, 0) is 9.47 Å². The van der Waals surface area contributed by atoms with E-state index >= 15 is 0 Å². The zero-order valence-corrected chi connectivity index (χ0v) is 11.9. The average Bonchev–Trinajstić information content (AvgIpc) is 2.90. The lowest BCUT2D eigenvalue weighted by Gasteiger charge is -2.38. The number of halogens is 1. The fourth-order valence-corrected chi connectivity index (χ4v) is 2.87. The molecule has 2 aliphatic rings. The van der Waals surface area contributed by atoms with Crippen LogP contribution >= 0.6 is 12.2 Å². The Morgan fingerprint density at radius 3 is 2.35 bits per heavy atom. The first-order valence-corrected chi connectivity index (χ1v) is 7.17. The Morgan fingerprint density at radius 1 is 1.15 bits per heavy atom. The maximum atomic E-state index is 12.8. The maximum Gasteiger partial charge on any atom is 0.173 e. The Hall–Kier alpha value is -1.24. The van der Waals surface area contributed by atoms with Crippen molar-refractivity contribution in [2.75, 3.05) is 31.6 Å². The van der Waals surface area contributed by atoms with E-state index in [4.69, 9.17) is 21.7 Å². The Labute approximate surface area is 122 Å². The Kier molecular flexibility index (Phi) is 3.87. The molecule has 6 heteroatoms. The van der Waals surface area contributed by atoms with Crippen molar-refractivity contribution < 1.29 is 13.9 Å². The fourth-order valence-electron chi connectivity index (χ4n) is 2.57. The van der Waals surface area contributed by atoms with Gasteiger partial charge >= 0.3 is 0 Å². The van der Waals surface area contributed by atoms with E-state index in [0.29, 0.717) is 18.3 Å². The van der Waals surface area contributed by atoms with Crippen molar-refractivity contribution in [1.29, 1.82) is 0 Å². The van der Waals surface area contributed by atoms with E-state index < -0.39 is 0 Å². The molecule has 0 atom stereocenters. The number of anilines is 1. The van der Waals surface area contributed by atoms with Crippen LogP contribution in [0.3, 0.4) is 0 Å². The molecule has 1 spiro atoms. The van der Waals surface area contributed by atoms with Gasteiger partial charge < -0.3 is 19.7 Å². The predicted molar refractivity (Wildman–Crippen MR) is 78.1 cm³/mol. The minimum atomic E-state index is -0.387. The van der Waals surface area contributed by atoms with Crippen LogP contribution in [0.1, 0.15) is 12.8 Å². The van der Waals surface area contributed by atoms with Crippen LogP contribution in [0.15, 0.2) is 24.3 Å². The summed E-state index contributed by atoms with van der Waals surface area (Å²) in [4.78, 5) is 2.09. The van der Waals surface area contributed by atoms with Crippen LogP contribution in [0.5, 0.6) is 0 Å². The van der Waals surface area contributed by atoms with Gasteiger partial charge in [-0.3, -0.25) is 0 Å². The van der Waals surface area contributed by atoms with Crippen LogP contribution in [0.4, 0.5) is 10.1 Å². The molecule has 3 rings (SSSR count). The standard InChI is InChI=1S/C14H17FN2O2S/c15-11-1-3-12(4-2-11)16-13(20)17-7-5-14(6-8-17)18-9-10-19-14/h1-4H,5-10H2,(H,16,20). The van der Waals surface area contributed by atoms with Crippen LogP contribution in [-0.4, -0.2) is 42.1 Å². The largest absolute Gasteiger partial charge is 0.349 e. The van der Waals surface area contributed by atoms with Crippen molar-refractivity contribution in [2.45, 2.75) is 18.6 Å². The fraction of sp³-hybridized carbons (Fsp3) is 0.500. The van der Waals surface area contributed by atoms with Crippen LogP contribution in [0.25, 0.3) is 0 Å². The van der Waals surface area contributed by atoms with E-state index in [9.17, 15) is 4.39 Å². The van der Waals surface area contributed by atoms with Crippen molar-refractivity contribution in [2.24, 2.45) is 0 Å². The first-order chi connectivity index (χ1) is 9.67. The molecule has 2 aliphatic heterocycles. The highest BCUT2D eigenvalue weighted by molar-refractivity contribution is 7.80. The third kappa shape index (κ3) is 2.92. The maximum absolute atomic E-state index is 12.8. The van der Waals surface area contributed by atoms with Gasteiger partial charge in [-0.1, -0.05) is 0 Å². The number of ether oxygens (including phenoxy) is 2. The molecule has 0 aromatic heterocycles. The second kappa shape index (κ2) is 5.63. The van der Waals surface area contributed by atoms with Gasteiger partial charge in [0, 0.05) is 31.6 Å². The van der Waals surface area contributed by atoms with Crippen molar-refractivity contribution >= 4 is 23.0 Å². The van der Waals surface area contributed by atoms with E-state index in [0.717, 1.165) is 31.6 Å². The highest BCUT2D eigenvalue weighted by Gasteiger charge is 2.40. The number of nitrogens with zero attached hydrogens (tertiary/aromatic N) is 1. The van der Waals surface area contributed by atoms with Crippen molar-refractivity contribution in [1.82, 2.24) is 4.90 Å². The zero-order chi connectivity index (χ0) is 14.0. The summed E-state index contributed by atoms with van der Waals surface area (Å²) in [6, 6.07) is 6.18. The van der Waals surface area contributed by atoms with Gasteiger partial charge in [-0.25, -0.2) is 4.39 Å². The van der Waals surface area contributed by atoms with Crippen LogP contribution < -0.4 is 5.32 Å². The SMILES string of the molecule is Fc1ccc(NC(=S)N2CCC3(CC2)OCCO3)cc1. The Bertz CT molecular complexity index is 478. The summed E-state index contributed by atoms with van der Waals surface area (Å²) in [5.74, 6) is -0.640. The number of hydrogen-bond acceptors (Lipinski definition) is 3. The summed E-state index contributed by atoms with van der Waals surface area (Å²) in [5, 5.41) is 3.78. The highest BCUT2D eigenvalue weighted by Crippen LogP contribution is 2.31. The molecular formula is C14H17FN2O2S. The Balaban J connectivity index is 1.55. The first kappa shape index (κ1) is 13.7. The number of likely N-dealkylation sites (tertiary alicyclic amines) is 1. The van der Waals surface area contributed by atoms with Crippen molar-refractivity contribution in [3.8, 4) is 0 Å². The molecule has 1 aromatic rings. The molecule has 0 amide bonds. The molecule has 20 heavy (non-hydrogen) atoms. The van der Waals surface area contributed by atoms with Gasteiger partial charge in [0.05, 0.1) is 13.2 Å². The van der Waals surface area contributed by atoms with Crippen LogP contribution in [0.2, 0.25) is 0 Å². The van der Waals surface area contributed by atoms with Gasteiger partial charge in [0.15, 0.2) is 10.9 Å². The third-order valence-electron chi connectivity index (χ3n) is 3.72. The summed E-state index contributed by atoms with van der Waals surface area (Å²) in [7, 11) is 0. The molecule has 2 saturated heterocycles. The predicted octanol–water partition coefficient (Wildman–Crippen LogP) is 2.36. The summed E-state index contributed by atoms with van der Waals surface area (Å²) in [6.07, 6.45) is 1.64. The molecule has 0 aliphatic carbocycles. The number of benzene rings is 1. The molecule has 0 unspecified atom stereocenters. The monoisotopic (exact) mass is 296 g/mol. The van der Waals surface area contributed by atoms with E-state index in [1.807, 2.05) is 0 Å². The normalized spacial score (nSPS) is 21.1. The minimum Gasteiger partial charge on any atom is -0.349 e. The van der Waals surface area contributed by atoms with E-state index in [2.05, 4.69) is 10.2 Å². The molecule has 108 valence electrons. The molecule has 0 radical (unpaired) electrons. The third-order valence-corrected chi connectivity index (χ3v) is 4.08. The number of rotatable bonds is 1. The topological polar surface area (TPSA) is 33.7 Å². The number of nitrogens with one attached hydrogen (secondary N) is 1. The molecule has 0 bridgehead atoms. The first-order valence-electron chi connectivity index (χ1n) is 6.76. The van der Waals surface area contributed by atoms with Gasteiger partial charge in [-0.15, -0.1) is 0 Å². The van der Waals surface area contributed by atoms with Gasteiger partial charge in [-0.2, -0.15) is 0 Å². The second-order valence-corrected chi connectivity index (χ2v) is 5.42. The lowest BCUT2D eigenvalue weighted by molar-refractivity contribution is -0.180. The van der Waals surface area contributed by atoms with E-state index in [1.54, 1.807) is 12.1 Å². The summed E-state index contributed by atoms with van der Waals surface area (Å²) in [6.45, 7) is 2.95. The zero-order valence-electron chi connectivity index (χ0n) is 11.1. The van der Waals surface area contributed by atoms with Crippen molar-refractivity contribution in [3.05, 3.63) is 30.1 Å². The summed E-state index contributed by atoms with van der Waals surface area (Å²) >= 11 is 5.39. The lowest BCUT2D eigenvalue weighted by Crippen LogP contribution is -2.48. The molecule has 2 heterocycles. The summed E-state index contributed by atoms with van der Waals surface area (Å²) < 4.78 is 24.2. The quantitative estimate of drug-likeness (QED) is 0.805. The van der Waals surface area contributed by atoms with E-state index in [1.165, 1.54) is 12.1 Å². The molecule has 4 nitrogen and oxygen atoms in total. The molecule has 1 N–H and O–H groups in total. The number of thiocarbonyl (C=S) groups is 1. The average molecular weight is 296 g/mol. The molecule has 0 saturated carbocycles. The van der Waals surface area contributed by atoms with Crippen molar-refractivity contribution in [3.63, 3.8) is 0 Å². The highest BCUT2D eigenvalue weighted by atomic mass is 32.1. The lowest BCUT2D eigenvalue weighted by atomic mass is 10.0. The number of hydrogen-bond donors (Lipinski definition) is 1. The number of piperidine rings is 1. The molecule has 1 aromatic carbocycles.